The SMILES string of the molecule is CC(C(=O)Nc1cccc(Br)c1)N1CCC(C(=O)Nc2ccccc2)CC1. The van der Waals surface area contributed by atoms with Gasteiger partial charge < -0.3 is 10.6 Å². The fourth-order valence-corrected chi connectivity index (χ4v) is 3.69. The maximum Gasteiger partial charge on any atom is 0.241 e. The van der Waals surface area contributed by atoms with Gasteiger partial charge in [0.15, 0.2) is 0 Å². The lowest BCUT2D eigenvalue weighted by Crippen LogP contribution is -2.47. The number of anilines is 2. The number of likely N-dealkylation sites (tertiary alicyclic amines) is 1. The Morgan fingerprint density at radius 3 is 2.33 bits per heavy atom. The van der Waals surface area contributed by atoms with Crippen molar-refractivity contribution < 1.29 is 9.59 Å². The number of para-hydroxylation sites is 1. The minimum absolute atomic E-state index is 0.0122. The number of piperidine rings is 1. The van der Waals surface area contributed by atoms with E-state index in [-0.39, 0.29) is 23.8 Å². The van der Waals surface area contributed by atoms with E-state index in [0.717, 1.165) is 41.8 Å². The molecule has 2 amide bonds. The molecule has 1 heterocycles. The Kier molecular flexibility index (Phi) is 6.63. The van der Waals surface area contributed by atoms with Crippen molar-refractivity contribution in [1.29, 1.82) is 0 Å². The van der Waals surface area contributed by atoms with Gasteiger partial charge >= 0.3 is 0 Å². The monoisotopic (exact) mass is 429 g/mol. The van der Waals surface area contributed by atoms with E-state index < -0.39 is 0 Å². The first kappa shape index (κ1) is 19.6. The molecule has 0 aromatic heterocycles. The molecule has 0 spiro atoms. The Balaban J connectivity index is 1.49. The zero-order valence-electron chi connectivity index (χ0n) is 15.3. The third kappa shape index (κ3) is 5.40. The summed E-state index contributed by atoms with van der Waals surface area (Å²) in [7, 11) is 0. The molecule has 3 rings (SSSR count). The van der Waals surface area contributed by atoms with Crippen molar-refractivity contribution in [3.63, 3.8) is 0 Å². The number of carbonyl (C=O) groups excluding carboxylic acids is 2. The normalized spacial score (nSPS) is 16.5. The van der Waals surface area contributed by atoms with Crippen LogP contribution in [0, 0.1) is 5.92 Å². The molecular formula is C21H24BrN3O2. The van der Waals surface area contributed by atoms with Crippen molar-refractivity contribution in [2.45, 2.75) is 25.8 Å². The minimum atomic E-state index is -0.234. The second-order valence-corrected chi connectivity index (χ2v) is 7.76. The molecule has 142 valence electrons. The number of amides is 2. The van der Waals surface area contributed by atoms with Crippen LogP contribution in [-0.4, -0.2) is 35.8 Å². The standard InChI is InChI=1S/C21H24BrN3O2/c1-15(20(26)24-19-9-5-6-17(22)14-19)25-12-10-16(11-13-25)21(27)23-18-7-3-2-4-8-18/h2-9,14-16H,10-13H2,1H3,(H,23,27)(H,24,26). The van der Waals surface area contributed by atoms with E-state index in [0.29, 0.717) is 0 Å². The third-order valence-corrected chi connectivity index (χ3v) is 5.45. The summed E-state index contributed by atoms with van der Waals surface area (Å²) in [5.74, 6) is 0.0224. The average Bonchev–Trinajstić information content (AvgIpc) is 2.68. The number of benzene rings is 2. The molecule has 2 N–H and O–H groups in total. The van der Waals surface area contributed by atoms with Gasteiger partial charge in [-0.15, -0.1) is 0 Å². The second kappa shape index (κ2) is 9.15. The number of hydrogen-bond donors (Lipinski definition) is 2. The Bertz CT molecular complexity index is 789. The summed E-state index contributed by atoms with van der Waals surface area (Å²) in [6.07, 6.45) is 1.51. The zero-order chi connectivity index (χ0) is 19.2. The van der Waals surface area contributed by atoms with Crippen molar-refractivity contribution in [2.24, 2.45) is 5.92 Å². The molecule has 1 atom stereocenters. The van der Waals surface area contributed by atoms with Crippen LogP contribution in [0.25, 0.3) is 0 Å². The van der Waals surface area contributed by atoms with Gasteiger partial charge in [-0.05, 0) is 63.2 Å². The molecular weight excluding hydrogens is 406 g/mol. The highest BCUT2D eigenvalue weighted by atomic mass is 79.9. The topological polar surface area (TPSA) is 61.4 Å². The molecule has 1 aliphatic rings. The maximum atomic E-state index is 12.5. The number of nitrogens with zero attached hydrogens (tertiary/aromatic N) is 1. The Hall–Kier alpha value is -2.18. The summed E-state index contributed by atoms with van der Waals surface area (Å²) < 4.78 is 0.929. The molecule has 5 nitrogen and oxygen atoms in total. The van der Waals surface area contributed by atoms with E-state index in [9.17, 15) is 9.59 Å². The Morgan fingerprint density at radius 2 is 1.67 bits per heavy atom. The predicted octanol–water partition coefficient (Wildman–Crippen LogP) is 4.13. The molecule has 0 saturated carbocycles. The number of nitrogens with one attached hydrogen (secondary N) is 2. The van der Waals surface area contributed by atoms with Crippen molar-refractivity contribution in [3.8, 4) is 0 Å². The summed E-state index contributed by atoms with van der Waals surface area (Å²) >= 11 is 3.41. The molecule has 1 aliphatic heterocycles. The smallest absolute Gasteiger partial charge is 0.241 e. The molecule has 1 unspecified atom stereocenters. The summed E-state index contributed by atoms with van der Waals surface area (Å²) in [6.45, 7) is 3.39. The first-order valence-electron chi connectivity index (χ1n) is 9.19. The molecule has 1 saturated heterocycles. The van der Waals surface area contributed by atoms with E-state index in [1.165, 1.54) is 0 Å². The van der Waals surface area contributed by atoms with Crippen LogP contribution in [0.3, 0.4) is 0 Å². The first-order valence-corrected chi connectivity index (χ1v) is 9.98. The zero-order valence-corrected chi connectivity index (χ0v) is 16.9. The highest BCUT2D eigenvalue weighted by Gasteiger charge is 2.29. The Labute approximate surface area is 168 Å². The van der Waals surface area contributed by atoms with Gasteiger partial charge in [-0.2, -0.15) is 0 Å². The van der Waals surface area contributed by atoms with E-state index in [1.807, 2.05) is 61.5 Å². The molecule has 2 aromatic carbocycles. The van der Waals surface area contributed by atoms with Crippen LogP contribution in [0.5, 0.6) is 0 Å². The third-order valence-electron chi connectivity index (χ3n) is 4.96. The van der Waals surface area contributed by atoms with Crippen molar-refractivity contribution in [2.75, 3.05) is 23.7 Å². The lowest BCUT2D eigenvalue weighted by atomic mass is 9.94. The summed E-state index contributed by atoms with van der Waals surface area (Å²) in [5, 5.41) is 5.93. The largest absolute Gasteiger partial charge is 0.326 e. The maximum absolute atomic E-state index is 12.5. The minimum Gasteiger partial charge on any atom is -0.326 e. The van der Waals surface area contributed by atoms with Gasteiger partial charge in [-0.1, -0.05) is 40.2 Å². The van der Waals surface area contributed by atoms with Crippen LogP contribution in [0.15, 0.2) is 59.1 Å². The van der Waals surface area contributed by atoms with Crippen molar-refractivity contribution >= 4 is 39.1 Å². The second-order valence-electron chi connectivity index (χ2n) is 6.84. The van der Waals surface area contributed by atoms with Crippen molar-refractivity contribution in [3.05, 3.63) is 59.1 Å². The van der Waals surface area contributed by atoms with E-state index >= 15 is 0 Å². The lowest BCUT2D eigenvalue weighted by molar-refractivity contribution is -0.123. The highest BCUT2D eigenvalue weighted by Crippen LogP contribution is 2.22. The van der Waals surface area contributed by atoms with Crippen LogP contribution < -0.4 is 10.6 Å². The summed E-state index contributed by atoms with van der Waals surface area (Å²) in [4.78, 5) is 27.1. The van der Waals surface area contributed by atoms with E-state index in [4.69, 9.17) is 0 Å². The van der Waals surface area contributed by atoms with E-state index in [2.05, 4.69) is 31.5 Å². The number of rotatable bonds is 5. The van der Waals surface area contributed by atoms with Gasteiger partial charge in [0.2, 0.25) is 11.8 Å². The molecule has 1 fully saturated rings. The molecule has 0 aliphatic carbocycles. The summed E-state index contributed by atoms with van der Waals surface area (Å²) in [5.41, 5.74) is 1.60. The van der Waals surface area contributed by atoms with Gasteiger partial charge in [0.1, 0.15) is 0 Å². The first-order chi connectivity index (χ1) is 13.0. The van der Waals surface area contributed by atoms with Crippen LogP contribution >= 0.6 is 15.9 Å². The fraction of sp³-hybridized carbons (Fsp3) is 0.333. The van der Waals surface area contributed by atoms with Gasteiger partial charge in [0, 0.05) is 21.8 Å². The van der Waals surface area contributed by atoms with Gasteiger partial charge in [0.05, 0.1) is 6.04 Å². The van der Waals surface area contributed by atoms with Crippen LogP contribution in [0.2, 0.25) is 0 Å². The highest BCUT2D eigenvalue weighted by molar-refractivity contribution is 9.10. The van der Waals surface area contributed by atoms with E-state index in [1.54, 1.807) is 0 Å². The Morgan fingerprint density at radius 1 is 1.00 bits per heavy atom. The van der Waals surface area contributed by atoms with Gasteiger partial charge in [0.25, 0.3) is 0 Å². The molecule has 0 bridgehead atoms. The van der Waals surface area contributed by atoms with Crippen LogP contribution in [0.1, 0.15) is 19.8 Å². The number of carbonyl (C=O) groups is 2. The van der Waals surface area contributed by atoms with Gasteiger partial charge in [-0.3, -0.25) is 14.5 Å². The average molecular weight is 430 g/mol. The number of halogens is 1. The molecule has 6 heteroatoms. The quantitative estimate of drug-likeness (QED) is 0.750. The van der Waals surface area contributed by atoms with Gasteiger partial charge in [-0.25, -0.2) is 0 Å². The molecule has 27 heavy (non-hydrogen) atoms. The van der Waals surface area contributed by atoms with Crippen LogP contribution in [-0.2, 0) is 9.59 Å². The van der Waals surface area contributed by atoms with Crippen molar-refractivity contribution in [1.82, 2.24) is 4.90 Å². The predicted molar refractivity (Wildman–Crippen MR) is 112 cm³/mol. The number of hydrogen-bond acceptors (Lipinski definition) is 3. The fourth-order valence-electron chi connectivity index (χ4n) is 3.29. The van der Waals surface area contributed by atoms with Crippen LogP contribution in [0.4, 0.5) is 11.4 Å². The summed E-state index contributed by atoms with van der Waals surface area (Å²) in [6, 6.07) is 16.8. The molecule has 0 radical (unpaired) electrons. The lowest BCUT2D eigenvalue weighted by Gasteiger charge is -2.34. The molecule has 2 aromatic rings.